The van der Waals surface area contributed by atoms with Gasteiger partial charge in [0, 0.05) is 25.7 Å². The Kier molecular flexibility index (Phi) is 5.77. The van der Waals surface area contributed by atoms with E-state index in [0.717, 1.165) is 38.9 Å². The maximum atomic E-state index is 11.8. The van der Waals surface area contributed by atoms with Gasteiger partial charge in [-0.2, -0.15) is 0 Å². The molecular weight excluding hydrogens is 202 g/mol. The molecule has 1 fully saturated rings. The van der Waals surface area contributed by atoms with Gasteiger partial charge < -0.3 is 10.6 Å². The van der Waals surface area contributed by atoms with Crippen molar-refractivity contribution < 1.29 is 4.79 Å². The highest BCUT2D eigenvalue weighted by atomic mass is 16.2. The van der Waals surface area contributed by atoms with Crippen LogP contribution in [0.5, 0.6) is 0 Å². The van der Waals surface area contributed by atoms with E-state index >= 15 is 0 Å². The Morgan fingerprint density at radius 2 is 2.06 bits per heavy atom. The van der Waals surface area contributed by atoms with Gasteiger partial charge >= 0.3 is 0 Å². The minimum absolute atomic E-state index is 0.0179. The van der Waals surface area contributed by atoms with Crippen molar-refractivity contribution >= 4 is 5.91 Å². The SMILES string of the molecule is CCCNC(=O)C(C)N1CCC(NC)CC1. The summed E-state index contributed by atoms with van der Waals surface area (Å²) in [5.74, 6) is 0.171. The minimum Gasteiger partial charge on any atom is -0.355 e. The van der Waals surface area contributed by atoms with Gasteiger partial charge in [0.15, 0.2) is 0 Å². The van der Waals surface area contributed by atoms with Crippen molar-refractivity contribution in [3.63, 3.8) is 0 Å². The molecule has 0 aromatic rings. The van der Waals surface area contributed by atoms with Crippen LogP contribution in [0.15, 0.2) is 0 Å². The van der Waals surface area contributed by atoms with Gasteiger partial charge in [-0.15, -0.1) is 0 Å². The van der Waals surface area contributed by atoms with Gasteiger partial charge in [-0.25, -0.2) is 0 Å². The summed E-state index contributed by atoms with van der Waals surface area (Å²) in [6.45, 7) is 6.91. The smallest absolute Gasteiger partial charge is 0.237 e. The van der Waals surface area contributed by atoms with E-state index < -0.39 is 0 Å². The standard InChI is InChI=1S/C12H25N3O/c1-4-7-14-12(16)10(2)15-8-5-11(13-3)6-9-15/h10-11,13H,4-9H2,1-3H3,(H,14,16). The largest absolute Gasteiger partial charge is 0.355 e. The van der Waals surface area contributed by atoms with Gasteiger partial charge in [0.05, 0.1) is 6.04 Å². The van der Waals surface area contributed by atoms with Crippen molar-refractivity contribution in [2.75, 3.05) is 26.7 Å². The Morgan fingerprint density at radius 1 is 1.44 bits per heavy atom. The Bertz CT molecular complexity index is 212. The number of hydrogen-bond acceptors (Lipinski definition) is 3. The van der Waals surface area contributed by atoms with E-state index in [1.165, 1.54) is 0 Å². The number of amides is 1. The van der Waals surface area contributed by atoms with Crippen LogP contribution in [0.4, 0.5) is 0 Å². The molecule has 1 saturated heterocycles. The van der Waals surface area contributed by atoms with Crippen LogP contribution in [0.1, 0.15) is 33.1 Å². The van der Waals surface area contributed by atoms with E-state index in [1.807, 2.05) is 14.0 Å². The van der Waals surface area contributed by atoms with Crippen molar-refractivity contribution in [2.45, 2.75) is 45.2 Å². The van der Waals surface area contributed by atoms with Crippen molar-refractivity contribution in [1.29, 1.82) is 0 Å². The van der Waals surface area contributed by atoms with E-state index in [-0.39, 0.29) is 11.9 Å². The lowest BCUT2D eigenvalue weighted by Gasteiger charge is -2.35. The van der Waals surface area contributed by atoms with E-state index in [9.17, 15) is 4.79 Å². The molecule has 0 aliphatic carbocycles. The average Bonchev–Trinajstić information content (AvgIpc) is 2.35. The lowest BCUT2D eigenvalue weighted by atomic mass is 10.0. The van der Waals surface area contributed by atoms with Crippen LogP contribution in [0, 0.1) is 0 Å². The molecule has 0 aromatic carbocycles. The van der Waals surface area contributed by atoms with E-state index in [0.29, 0.717) is 6.04 Å². The van der Waals surface area contributed by atoms with Crippen molar-refractivity contribution in [3.05, 3.63) is 0 Å². The summed E-state index contributed by atoms with van der Waals surface area (Å²) < 4.78 is 0. The first-order chi connectivity index (χ1) is 7.69. The molecule has 1 atom stereocenters. The first-order valence-electron chi connectivity index (χ1n) is 6.38. The maximum Gasteiger partial charge on any atom is 0.237 e. The zero-order valence-corrected chi connectivity index (χ0v) is 10.8. The molecule has 4 heteroatoms. The monoisotopic (exact) mass is 227 g/mol. The summed E-state index contributed by atoms with van der Waals surface area (Å²) in [6, 6.07) is 0.645. The number of carbonyl (C=O) groups excluding carboxylic acids is 1. The molecule has 0 spiro atoms. The summed E-state index contributed by atoms with van der Waals surface area (Å²) in [4.78, 5) is 14.1. The van der Waals surface area contributed by atoms with E-state index in [4.69, 9.17) is 0 Å². The molecule has 2 N–H and O–H groups in total. The summed E-state index contributed by atoms with van der Waals surface area (Å²) >= 11 is 0. The highest BCUT2D eigenvalue weighted by Gasteiger charge is 2.25. The molecule has 0 saturated carbocycles. The minimum atomic E-state index is 0.0179. The molecular formula is C12H25N3O. The summed E-state index contributed by atoms with van der Waals surface area (Å²) in [7, 11) is 2.01. The fraction of sp³-hybridized carbons (Fsp3) is 0.917. The van der Waals surface area contributed by atoms with Crippen molar-refractivity contribution in [3.8, 4) is 0 Å². The number of hydrogen-bond donors (Lipinski definition) is 2. The Hall–Kier alpha value is -0.610. The second-order valence-electron chi connectivity index (χ2n) is 4.57. The molecule has 1 amide bonds. The summed E-state index contributed by atoms with van der Waals surface area (Å²) in [6.07, 6.45) is 3.28. The molecule has 94 valence electrons. The van der Waals surface area contributed by atoms with Crippen molar-refractivity contribution in [1.82, 2.24) is 15.5 Å². The lowest BCUT2D eigenvalue weighted by Crippen LogP contribution is -2.50. The van der Waals surface area contributed by atoms with Crippen LogP contribution in [0.3, 0.4) is 0 Å². The molecule has 4 nitrogen and oxygen atoms in total. The molecule has 16 heavy (non-hydrogen) atoms. The fourth-order valence-corrected chi connectivity index (χ4v) is 2.14. The van der Waals surface area contributed by atoms with Crippen LogP contribution in [-0.4, -0.2) is 49.6 Å². The second-order valence-corrected chi connectivity index (χ2v) is 4.57. The molecule has 0 aromatic heterocycles. The number of nitrogens with zero attached hydrogens (tertiary/aromatic N) is 1. The molecule has 0 radical (unpaired) electrons. The number of nitrogens with one attached hydrogen (secondary N) is 2. The normalized spacial score (nSPS) is 20.7. The third-order valence-electron chi connectivity index (χ3n) is 3.41. The fourth-order valence-electron chi connectivity index (χ4n) is 2.14. The number of carbonyl (C=O) groups is 1. The topological polar surface area (TPSA) is 44.4 Å². The second kappa shape index (κ2) is 6.86. The van der Waals surface area contributed by atoms with Gasteiger partial charge in [0.2, 0.25) is 5.91 Å². The molecule has 1 aliphatic rings. The lowest BCUT2D eigenvalue weighted by molar-refractivity contribution is -0.126. The van der Waals surface area contributed by atoms with E-state index in [1.54, 1.807) is 0 Å². The van der Waals surface area contributed by atoms with E-state index in [2.05, 4.69) is 22.5 Å². The predicted molar refractivity (Wildman–Crippen MR) is 66.4 cm³/mol. The van der Waals surface area contributed by atoms with Crippen molar-refractivity contribution in [2.24, 2.45) is 0 Å². The van der Waals surface area contributed by atoms with Gasteiger partial charge in [0.1, 0.15) is 0 Å². The zero-order chi connectivity index (χ0) is 12.0. The van der Waals surface area contributed by atoms with Gasteiger partial charge in [-0.3, -0.25) is 9.69 Å². The maximum absolute atomic E-state index is 11.8. The molecule has 0 bridgehead atoms. The van der Waals surface area contributed by atoms with Crippen LogP contribution in [-0.2, 0) is 4.79 Å². The third-order valence-corrected chi connectivity index (χ3v) is 3.41. The number of likely N-dealkylation sites (tertiary alicyclic amines) is 1. The highest BCUT2D eigenvalue weighted by molar-refractivity contribution is 5.81. The molecule has 1 rings (SSSR count). The highest BCUT2D eigenvalue weighted by Crippen LogP contribution is 2.12. The van der Waals surface area contributed by atoms with Crippen LogP contribution in [0.2, 0.25) is 0 Å². The van der Waals surface area contributed by atoms with Gasteiger partial charge in [0.25, 0.3) is 0 Å². The molecule has 1 heterocycles. The van der Waals surface area contributed by atoms with Gasteiger partial charge in [-0.05, 0) is 33.2 Å². The average molecular weight is 227 g/mol. The quantitative estimate of drug-likeness (QED) is 0.722. The predicted octanol–water partition coefficient (Wildman–Crippen LogP) is 0.585. The first-order valence-corrected chi connectivity index (χ1v) is 6.38. The number of piperidine rings is 1. The summed E-state index contributed by atoms with van der Waals surface area (Å²) in [5.41, 5.74) is 0. The Balaban J connectivity index is 2.32. The first kappa shape index (κ1) is 13.5. The molecule has 1 aliphatic heterocycles. The van der Waals surface area contributed by atoms with Crippen LogP contribution < -0.4 is 10.6 Å². The molecule has 1 unspecified atom stereocenters. The van der Waals surface area contributed by atoms with Crippen LogP contribution >= 0.6 is 0 Å². The van der Waals surface area contributed by atoms with Gasteiger partial charge in [-0.1, -0.05) is 6.92 Å². The number of rotatable bonds is 5. The Labute approximate surface area is 98.8 Å². The zero-order valence-electron chi connectivity index (χ0n) is 10.8. The third kappa shape index (κ3) is 3.76. The summed E-state index contributed by atoms with van der Waals surface area (Å²) in [5, 5.41) is 6.26. The Morgan fingerprint density at radius 3 is 2.56 bits per heavy atom. The van der Waals surface area contributed by atoms with Crippen LogP contribution in [0.25, 0.3) is 0 Å².